The highest BCUT2D eigenvalue weighted by atomic mass is 16.4. The predicted octanol–water partition coefficient (Wildman–Crippen LogP) is -1.71. The van der Waals surface area contributed by atoms with Crippen molar-refractivity contribution in [2.24, 2.45) is 0 Å². The van der Waals surface area contributed by atoms with E-state index in [0.717, 1.165) is 0 Å². The first-order chi connectivity index (χ1) is 5.55. The average molecular weight is 166 g/mol. The molecule has 1 aromatic rings. The number of aliphatic carboxylic acids is 1. The minimum atomic E-state index is -1.21. The summed E-state index contributed by atoms with van der Waals surface area (Å²) >= 11 is 0. The number of rotatable bonds is 2. The van der Waals surface area contributed by atoms with Crippen LogP contribution in [0.15, 0.2) is 24.5 Å². The Morgan fingerprint density at radius 1 is 1.75 bits per heavy atom. The zero-order valence-corrected chi connectivity index (χ0v) is 6.78. The van der Waals surface area contributed by atoms with Crippen LogP contribution in [-0.2, 0) is 10.3 Å². The third-order valence-corrected chi connectivity index (χ3v) is 1.75. The van der Waals surface area contributed by atoms with Gasteiger partial charge in [-0.25, -0.2) is 0 Å². The third-order valence-electron chi connectivity index (χ3n) is 1.75. The van der Waals surface area contributed by atoms with E-state index in [1.807, 2.05) is 0 Å². The van der Waals surface area contributed by atoms with Crippen molar-refractivity contribution in [2.45, 2.75) is 12.5 Å². The van der Waals surface area contributed by atoms with Gasteiger partial charge in [0, 0.05) is 24.9 Å². The van der Waals surface area contributed by atoms with Crippen LogP contribution in [0.3, 0.4) is 0 Å². The van der Waals surface area contributed by atoms with Crippen LogP contribution in [-0.4, -0.2) is 11.0 Å². The maximum Gasteiger partial charge on any atom is 0.159 e. The summed E-state index contributed by atoms with van der Waals surface area (Å²) in [4.78, 5) is 14.4. The highest BCUT2D eigenvalue weighted by Crippen LogP contribution is 2.12. The first kappa shape index (κ1) is 8.67. The Kier molecular flexibility index (Phi) is 2.10. The number of aromatic nitrogens is 1. The van der Waals surface area contributed by atoms with Crippen LogP contribution in [0.4, 0.5) is 0 Å². The fraction of sp³-hybridized carbons (Fsp3) is 0.250. The van der Waals surface area contributed by atoms with Crippen LogP contribution in [0.5, 0.6) is 0 Å². The van der Waals surface area contributed by atoms with Gasteiger partial charge < -0.3 is 15.6 Å². The normalized spacial score (nSPS) is 15.2. The maximum atomic E-state index is 10.6. The molecule has 0 saturated heterocycles. The molecule has 0 saturated carbocycles. The molecular formula is C8H10N2O2. The lowest BCUT2D eigenvalue weighted by molar-refractivity contribution is -0.489. The van der Waals surface area contributed by atoms with Crippen molar-refractivity contribution in [1.29, 1.82) is 0 Å². The smallest absolute Gasteiger partial charge is 0.159 e. The lowest BCUT2D eigenvalue weighted by Crippen LogP contribution is -2.75. The van der Waals surface area contributed by atoms with E-state index in [4.69, 9.17) is 0 Å². The van der Waals surface area contributed by atoms with Gasteiger partial charge in [0.25, 0.3) is 0 Å². The fourth-order valence-corrected chi connectivity index (χ4v) is 0.807. The van der Waals surface area contributed by atoms with E-state index in [2.05, 4.69) is 10.7 Å². The zero-order chi connectivity index (χ0) is 9.19. The molecule has 12 heavy (non-hydrogen) atoms. The van der Waals surface area contributed by atoms with Crippen LogP contribution >= 0.6 is 0 Å². The summed E-state index contributed by atoms with van der Waals surface area (Å²) in [7, 11) is 0. The summed E-state index contributed by atoms with van der Waals surface area (Å²) in [5.74, 6) is -1.20. The van der Waals surface area contributed by atoms with Gasteiger partial charge in [-0.3, -0.25) is 4.98 Å². The van der Waals surface area contributed by atoms with E-state index in [0.29, 0.717) is 5.56 Å². The number of hydrogen-bond acceptors (Lipinski definition) is 3. The van der Waals surface area contributed by atoms with Crippen molar-refractivity contribution >= 4 is 5.97 Å². The first-order valence-electron chi connectivity index (χ1n) is 3.52. The molecule has 4 heteroatoms. The molecule has 3 N–H and O–H groups in total. The molecule has 4 nitrogen and oxygen atoms in total. The van der Waals surface area contributed by atoms with E-state index in [9.17, 15) is 9.90 Å². The number of carbonyl (C=O) groups is 1. The van der Waals surface area contributed by atoms with Crippen molar-refractivity contribution in [3.05, 3.63) is 30.1 Å². The maximum absolute atomic E-state index is 10.6. The molecule has 0 aliphatic rings. The van der Waals surface area contributed by atoms with E-state index < -0.39 is 11.5 Å². The van der Waals surface area contributed by atoms with Crippen LogP contribution in [0.1, 0.15) is 12.5 Å². The largest absolute Gasteiger partial charge is 0.543 e. The number of carboxylic acids is 1. The molecule has 0 amide bonds. The number of carboxylic acid groups (broad SMARTS) is 1. The molecule has 0 fully saturated rings. The fourth-order valence-electron chi connectivity index (χ4n) is 0.807. The molecule has 64 valence electrons. The highest BCUT2D eigenvalue weighted by Gasteiger charge is 2.27. The topological polar surface area (TPSA) is 80.7 Å². The van der Waals surface area contributed by atoms with Gasteiger partial charge in [0.1, 0.15) is 5.97 Å². The number of quaternary nitrogens is 1. The molecule has 0 unspecified atom stereocenters. The summed E-state index contributed by atoms with van der Waals surface area (Å²) < 4.78 is 0. The monoisotopic (exact) mass is 166 g/mol. The molecule has 0 radical (unpaired) electrons. The number of pyridine rings is 1. The lowest BCUT2D eigenvalue weighted by Gasteiger charge is -2.21. The second kappa shape index (κ2) is 2.91. The second-order valence-corrected chi connectivity index (χ2v) is 2.86. The van der Waals surface area contributed by atoms with Gasteiger partial charge >= 0.3 is 0 Å². The first-order valence-corrected chi connectivity index (χ1v) is 3.52. The van der Waals surface area contributed by atoms with Gasteiger partial charge in [-0.1, -0.05) is 0 Å². The summed E-state index contributed by atoms with van der Waals surface area (Å²) in [6.45, 7) is 1.49. The zero-order valence-electron chi connectivity index (χ0n) is 6.78. The summed E-state index contributed by atoms with van der Waals surface area (Å²) in [6.07, 6.45) is 3.05. The molecule has 0 spiro atoms. The number of nitrogens with zero attached hydrogens (tertiary/aromatic N) is 1. The van der Waals surface area contributed by atoms with Gasteiger partial charge in [0.15, 0.2) is 5.54 Å². The molecular weight excluding hydrogens is 156 g/mol. The molecule has 1 rings (SSSR count). The van der Waals surface area contributed by atoms with Crippen molar-refractivity contribution in [3.8, 4) is 0 Å². The third kappa shape index (κ3) is 1.43. The van der Waals surface area contributed by atoms with Gasteiger partial charge in [0.05, 0.1) is 0 Å². The Morgan fingerprint density at radius 2 is 2.42 bits per heavy atom. The Labute approximate surface area is 70.0 Å². The van der Waals surface area contributed by atoms with Crippen LogP contribution in [0.2, 0.25) is 0 Å². The van der Waals surface area contributed by atoms with Gasteiger partial charge in [-0.05, 0) is 12.1 Å². The van der Waals surface area contributed by atoms with Crippen molar-refractivity contribution < 1.29 is 15.6 Å². The van der Waals surface area contributed by atoms with E-state index in [1.54, 1.807) is 18.3 Å². The summed E-state index contributed by atoms with van der Waals surface area (Å²) in [5, 5.41) is 10.6. The number of carbonyl (C=O) groups excluding carboxylic acids is 1. The summed E-state index contributed by atoms with van der Waals surface area (Å²) in [6, 6.07) is 3.33. The van der Waals surface area contributed by atoms with Gasteiger partial charge in [0.2, 0.25) is 0 Å². The molecule has 1 aromatic heterocycles. The van der Waals surface area contributed by atoms with Gasteiger partial charge in [-0.15, -0.1) is 0 Å². The standard InChI is InChI=1S/C8H10N2O2/c1-8(9,7(11)12)6-3-2-4-10-5-6/h2-5H,9H2,1H3,(H,11,12)/t8-/m1/s1. The van der Waals surface area contributed by atoms with E-state index in [1.165, 1.54) is 13.1 Å². The minimum absolute atomic E-state index is 0.546. The molecule has 1 heterocycles. The predicted molar refractivity (Wildman–Crippen MR) is 39.5 cm³/mol. The van der Waals surface area contributed by atoms with Gasteiger partial charge in [-0.2, -0.15) is 0 Å². The molecule has 0 aliphatic carbocycles. The molecule has 0 aliphatic heterocycles. The Morgan fingerprint density at radius 3 is 2.83 bits per heavy atom. The lowest BCUT2D eigenvalue weighted by atomic mass is 9.95. The minimum Gasteiger partial charge on any atom is -0.543 e. The SMILES string of the molecule is C[C@]([NH3+])(C(=O)[O-])c1cccnc1. The Hall–Kier alpha value is -1.42. The van der Waals surface area contributed by atoms with Crippen LogP contribution in [0.25, 0.3) is 0 Å². The van der Waals surface area contributed by atoms with Crippen molar-refractivity contribution in [1.82, 2.24) is 4.98 Å². The highest BCUT2D eigenvalue weighted by molar-refractivity contribution is 5.75. The van der Waals surface area contributed by atoms with Crippen molar-refractivity contribution in [2.75, 3.05) is 0 Å². The van der Waals surface area contributed by atoms with Crippen molar-refractivity contribution in [3.63, 3.8) is 0 Å². The molecule has 1 atom stereocenters. The quantitative estimate of drug-likeness (QED) is 0.568. The molecule has 0 aromatic carbocycles. The number of hydrogen-bond donors (Lipinski definition) is 1. The Bertz CT molecular complexity index is 282. The second-order valence-electron chi connectivity index (χ2n) is 2.86. The van der Waals surface area contributed by atoms with Crippen LogP contribution < -0.4 is 10.8 Å². The summed E-state index contributed by atoms with van der Waals surface area (Å²) in [5.41, 5.74) is 2.87. The van der Waals surface area contributed by atoms with Crippen LogP contribution in [0, 0.1) is 0 Å². The average Bonchev–Trinajstić information content (AvgIpc) is 2.06. The van der Waals surface area contributed by atoms with E-state index >= 15 is 0 Å². The Balaban J connectivity index is 3.06. The molecule has 0 bridgehead atoms. The van der Waals surface area contributed by atoms with E-state index in [-0.39, 0.29) is 0 Å².